The Bertz CT molecular complexity index is 332. The first kappa shape index (κ1) is 12.7. The van der Waals surface area contributed by atoms with Gasteiger partial charge in [0.1, 0.15) is 0 Å². The van der Waals surface area contributed by atoms with Gasteiger partial charge in [-0.15, -0.1) is 0 Å². The quantitative estimate of drug-likeness (QED) is 0.843. The van der Waals surface area contributed by atoms with Gasteiger partial charge >= 0.3 is 0 Å². The van der Waals surface area contributed by atoms with Crippen molar-refractivity contribution in [3.05, 3.63) is 24.0 Å². The first-order valence-corrected chi connectivity index (χ1v) is 6.79. The fourth-order valence-corrected chi connectivity index (χ4v) is 2.75. The summed E-state index contributed by atoms with van der Waals surface area (Å²) in [5.74, 6) is 0. The Labute approximate surface area is 105 Å². The Balaban J connectivity index is 1.79. The van der Waals surface area contributed by atoms with E-state index in [4.69, 9.17) is 0 Å². The molecule has 0 saturated carbocycles. The van der Waals surface area contributed by atoms with Gasteiger partial charge in [0.25, 0.3) is 0 Å². The predicted molar refractivity (Wildman–Crippen MR) is 72.1 cm³/mol. The minimum atomic E-state index is 0.791. The zero-order chi connectivity index (χ0) is 12.1. The third kappa shape index (κ3) is 3.58. The summed E-state index contributed by atoms with van der Waals surface area (Å²) in [5.41, 5.74) is 1.38. The van der Waals surface area contributed by atoms with Gasteiger partial charge in [0.15, 0.2) is 0 Å². The van der Waals surface area contributed by atoms with E-state index in [0.717, 1.165) is 19.1 Å². The van der Waals surface area contributed by atoms with Crippen molar-refractivity contribution < 1.29 is 0 Å². The van der Waals surface area contributed by atoms with Gasteiger partial charge in [-0.1, -0.05) is 6.42 Å². The number of aromatic nitrogens is 1. The molecule has 1 saturated heterocycles. The maximum Gasteiger partial charge on any atom is 0.0234 e. The molecule has 3 nitrogen and oxygen atoms in total. The highest BCUT2D eigenvalue weighted by molar-refractivity contribution is 5.09. The van der Waals surface area contributed by atoms with Gasteiger partial charge in [0.05, 0.1) is 0 Å². The van der Waals surface area contributed by atoms with Crippen molar-refractivity contribution >= 4 is 0 Å². The number of aryl methyl sites for hydroxylation is 1. The van der Waals surface area contributed by atoms with Crippen molar-refractivity contribution in [1.82, 2.24) is 14.8 Å². The Morgan fingerprint density at radius 2 is 2.29 bits per heavy atom. The van der Waals surface area contributed by atoms with E-state index in [9.17, 15) is 0 Å². The van der Waals surface area contributed by atoms with E-state index in [1.165, 1.54) is 37.8 Å². The zero-order valence-corrected chi connectivity index (χ0v) is 11.2. The van der Waals surface area contributed by atoms with E-state index in [1.54, 1.807) is 0 Å². The number of hydrogen-bond acceptors (Lipinski definition) is 2. The monoisotopic (exact) mass is 235 g/mol. The van der Waals surface area contributed by atoms with Gasteiger partial charge < -0.3 is 14.8 Å². The molecule has 2 rings (SSSR count). The van der Waals surface area contributed by atoms with Gasteiger partial charge in [-0.05, 0) is 51.5 Å². The first-order chi connectivity index (χ1) is 8.29. The molecule has 0 aliphatic carbocycles. The molecule has 3 heteroatoms. The van der Waals surface area contributed by atoms with Crippen LogP contribution < -0.4 is 5.32 Å². The van der Waals surface area contributed by atoms with Gasteiger partial charge in [0, 0.05) is 31.5 Å². The minimum absolute atomic E-state index is 0.791. The summed E-state index contributed by atoms with van der Waals surface area (Å²) >= 11 is 0. The highest BCUT2D eigenvalue weighted by atomic mass is 15.1. The summed E-state index contributed by atoms with van der Waals surface area (Å²) in [4.78, 5) is 2.53. The molecule has 0 spiro atoms. The highest BCUT2D eigenvalue weighted by Crippen LogP contribution is 2.18. The second-order valence-electron chi connectivity index (χ2n) is 5.21. The molecule has 1 aromatic rings. The van der Waals surface area contributed by atoms with Crippen molar-refractivity contribution in [2.24, 2.45) is 0 Å². The standard InChI is InChI=1S/C14H25N3/c1-15-11-13-6-9-17(12-13)10-7-14-5-3-4-8-16(14)2/h6,9,12,14-15H,3-5,7-8,10-11H2,1-2H3. The van der Waals surface area contributed by atoms with Crippen LogP contribution in [0.2, 0.25) is 0 Å². The molecule has 1 N–H and O–H groups in total. The number of piperidine rings is 1. The van der Waals surface area contributed by atoms with Crippen molar-refractivity contribution in [2.45, 2.75) is 44.8 Å². The molecule has 1 fully saturated rings. The maximum absolute atomic E-state index is 3.19. The van der Waals surface area contributed by atoms with Crippen LogP contribution in [0.3, 0.4) is 0 Å². The maximum atomic E-state index is 3.19. The third-order valence-corrected chi connectivity index (χ3v) is 3.83. The van der Waals surface area contributed by atoms with E-state index in [1.807, 2.05) is 7.05 Å². The average molecular weight is 235 g/mol. The number of nitrogens with zero attached hydrogens (tertiary/aromatic N) is 2. The van der Waals surface area contributed by atoms with Gasteiger partial charge in [-0.3, -0.25) is 0 Å². The molecular weight excluding hydrogens is 210 g/mol. The molecule has 0 amide bonds. The van der Waals surface area contributed by atoms with Crippen molar-refractivity contribution in [3.8, 4) is 0 Å². The summed E-state index contributed by atoms with van der Waals surface area (Å²) < 4.78 is 2.33. The van der Waals surface area contributed by atoms with E-state index >= 15 is 0 Å². The summed E-state index contributed by atoms with van der Waals surface area (Å²) in [6, 6.07) is 3.00. The molecule has 2 heterocycles. The smallest absolute Gasteiger partial charge is 0.0234 e. The van der Waals surface area contributed by atoms with Crippen LogP contribution in [0.4, 0.5) is 0 Å². The van der Waals surface area contributed by atoms with E-state index in [0.29, 0.717) is 0 Å². The van der Waals surface area contributed by atoms with Crippen LogP contribution >= 0.6 is 0 Å². The third-order valence-electron chi connectivity index (χ3n) is 3.83. The van der Waals surface area contributed by atoms with Crippen molar-refractivity contribution in [2.75, 3.05) is 20.6 Å². The molecule has 0 aromatic carbocycles. The lowest BCUT2D eigenvalue weighted by Gasteiger charge is -2.32. The zero-order valence-electron chi connectivity index (χ0n) is 11.2. The lowest BCUT2D eigenvalue weighted by molar-refractivity contribution is 0.171. The van der Waals surface area contributed by atoms with Gasteiger partial charge in [0.2, 0.25) is 0 Å². The summed E-state index contributed by atoms with van der Waals surface area (Å²) in [7, 11) is 4.26. The molecule has 0 radical (unpaired) electrons. The van der Waals surface area contributed by atoms with Crippen LogP contribution in [0.1, 0.15) is 31.2 Å². The van der Waals surface area contributed by atoms with Crippen LogP contribution in [0, 0.1) is 0 Å². The summed E-state index contributed by atoms with van der Waals surface area (Å²) in [6.45, 7) is 3.40. The Kier molecular flexibility index (Phi) is 4.63. The molecule has 96 valence electrons. The molecule has 1 aliphatic rings. The number of rotatable bonds is 5. The molecule has 1 unspecified atom stereocenters. The van der Waals surface area contributed by atoms with Crippen molar-refractivity contribution in [3.63, 3.8) is 0 Å². The topological polar surface area (TPSA) is 20.2 Å². The Hall–Kier alpha value is -0.800. The van der Waals surface area contributed by atoms with Crippen molar-refractivity contribution in [1.29, 1.82) is 0 Å². The Morgan fingerprint density at radius 1 is 1.41 bits per heavy atom. The van der Waals surface area contributed by atoms with Gasteiger partial charge in [-0.2, -0.15) is 0 Å². The lowest BCUT2D eigenvalue weighted by Crippen LogP contribution is -2.36. The second kappa shape index (κ2) is 6.22. The Morgan fingerprint density at radius 3 is 3.06 bits per heavy atom. The predicted octanol–water partition coefficient (Wildman–Crippen LogP) is 2.08. The largest absolute Gasteiger partial charge is 0.354 e. The lowest BCUT2D eigenvalue weighted by atomic mass is 10.0. The molecular formula is C14H25N3. The summed E-state index contributed by atoms with van der Waals surface area (Å²) in [6.07, 6.45) is 9.91. The summed E-state index contributed by atoms with van der Waals surface area (Å²) in [5, 5.41) is 3.19. The van der Waals surface area contributed by atoms with Crippen LogP contribution in [0.25, 0.3) is 0 Å². The normalized spacial score (nSPS) is 21.9. The van der Waals surface area contributed by atoms with Crippen LogP contribution in [-0.2, 0) is 13.1 Å². The van der Waals surface area contributed by atoms with Crippen LogP contribution in [0.15, 0.2) is 18.5 Å². The average Bonchev–Trinajstić information content (AvgIpc) is 2.76. The SMILES string of the molecule is CNCc1ccn(CCC2CCCCN2C)c1. The molecule has 1 atom stereocenters. The first-order valence-electron chi connectivity index (χ1n) is 6.79. The number of hydrogen-bond donors (Lipinski definition) is 1. The van der Waals surface area contributed by atoms with E-state index in [-0.39, 0.29) is 0 Å². The van der Waals surface area contributed by atoms with Gasteiger partial charge in [-0.25, -0.2) is 0 Å². The van der Waals surface area contributed by atoms with Crippen LogP contribution in [-0.4, -0.2) is 36.1 Å². The number of nitrogens with one attached hydrogen (secondary N) is 1. The fraction of sp³-hybridized carbons (Fsp3) is 0.714. The molecule has 17 heavy (non-hydrogen) atoms. The fourth-order valence-electron chi connectivity index (χ4n) is 2.75. The minimum Gasteiger partial charge on any atom is -0.354 e. The van der Waals surface area contributed by atoms with Crippen LogP contribution in [0.5, 0.6) is 0 Å². The van der Waals surface area contributed by atoms with E-state index in [2.05, 4.69) is 40.3 Å². The van der Waals surface area contributed by atoms with E-state index < -0.39 is 0 Å². The second-order valence-corrected chi connectivity index (χ2v) is 5.21. The number of likely N-dealkylation sites (tertiary alicyclic amines) is 1. The molecule has 0 bridgehead atoms. The highest BCUT2D eigenvalue weighted by Gasteiger charge is 2.18. The molecule has 1 aliphatic heterocycles. The molecule has 1 aromatic heterocycles.